The third kappa shape index (κ3) is 5.97. The first-order valence-electron chi connectivity index (χ1n) is 23.9. The maximum atomic E-state index is 3.96. The Morgan fingerprint density at radius 3 is 1.66 bits per heavy atom. The number of hydrogen-bond donors (Lipinski definition) is 1. The van der Waals surface area contributed by atoms with Gasteiger partial charge in [-0.2, -0.15) is 0 Å². The predicted octanol–water partition coefficient (Wildman–Crippen LogP) is 18.3. The van der Waals surface area contributed by atoms with Crippen LogP contribution in [0.25, 0.3) is 76.8 Å². The minimum Gasteiger partial charge on any atom is -0.355 e. The first-order chi connectivity index (χ1) is 33.3. The topological polar surface area (TPSA) is 15.3 Å². The van der Waals surface area contributed by atoms with E-state index in [1.807, 2.05) is 0 Å². The van der Waals surface area contributed by atoms with E-state index < -0.39 is 0 Å². The Morgan fingerprint density at radius 1 is 0.353 bits per heavy atom. The Bertz CT molecular complexity index is 3820. The van der Waals surface area contributed by atoms with Gasteiger partial charge < -0.3 is 10.2 Å². The van der Waals surface area contributed by atoms with Crippen molar-refractivity contribution in [2.24, 2.45) is 0 Å². The molecule has 2 heterocycles. The Kier molecular flexibility index (Phi) is 8.95. The Labute approximate surface area is 398 Å². The third-order valence-electron chi connectivity index (χ3n) is 15.2. The van der Waals surface area contributed by atoms with Gasteiger partial charge in [0.25, 0.3) is 0 Å². The largest absolute Gasteiger partial charge is 0.355 e. The van der Waals surface area contributed by atoms with Gasteiger partial charge in [0, 0.05) is 33.3 Å². The van der Waals surface area contributed by atoms with Crippen LogP contribution in [0, 0.1) is 0 Å². The van der Waals surface area contributed by atoms with Gasteiger partial charge in [0.1, 0.15) is 0 Å². The lowest BCUT2D eigenvalue weighted by Gasteiger charge is -2.43. The highest BCUT2D eigenvalue weighted by Gasteiger charge is 2.39. The van der Waals surface area contributed by atoms with Gasteiger partial charge in [-0.05, 0) is 130 Å². The molecule has 0 spiro atoms. The van der Waals surface area contributed by atoms with Gasteiger partial charge in [0.15, 0.2) is 0 Å². The number of nitrogens with zero attached hydrogens (tertiary/aromatic N) is 1. The fourth-order valence-electron chi connectivity index (χ4n) is 11.9. The van der Waals surface area contributed by atoms with Crippen LogP contribution >= 0.6 is 0 Å². The van der Waals surface area contributed by atoms with Crippen molar-refractivity contribution in [3.8, 4) is 44.5 Å². The zero-order valence-corrected chi connectivity index (χ0v) is 38.8. The van der Waals surface area contributed by atoms with Crippen LogP contribution in [0.4, 0.5) is 28.4 Å². The second kappa shape index (κ2) is 15.2. The molecular weight excluding hydrogens is 821 g/mol. The molecule has 2 aliphatic heterocycles. The summed E-state index contributed by atoms with van der Waals surface area (Å²) in [4.78, 5) is 2.51. The first kappa shape index (κ1) is 40.1. The highest BCUT2D eigenvalue weighted by molar-refractivity contribution is 6.21. The summed E-state index contributed by atoms with van der Waals surface area (Å²) in [5, 5.41) is 11.3. The van der Waals surface area contributed by atoms with Crippen molar-refractivity contribution in [3.05, 3.63) is 247 Å². The summed E-state index contributed by atoms with van der Waals surface area (Å²) in [6.45, 7) is 9.49. The minimum atomic E-state index is -0.243. The van der Waals surface area contributed by atoms with E-state index in [0.29, 0.717) is 0 Å². The van der Waals surface area contributed by atoms with E-state index in [-0.39, 0.29) is 10.8 Å². The number of rotatable bonds is 5. The van der Waals surface area contributed by atoms with E-state index in [1.165, 1.54) is 116 Å². The van der Waals surface area contributed by atoms with Gasteiger partial charge in [0.05, 0.1) is 17.1 Å². The summed E-state index contributed by atoms with van der Waals surface area (Å²) in [6, 6.07) is 83.6. The fraction of sp³-hybridized carbons (Fsp3) is 0.0909. The highest BCUT2D eigenvalue weighted by Crippen LogP contribution is 2.57. The average Bonchev–Trinajstić information content (AvgIpc) is 3.38. The van der Waals surface area contributed by atoms with Crippen LogP contribution in [0.1, 0.15) is 49.9 Å². The van der Waals surface area contributed by atoms with Crippen molar-refractivity contribution < 1.29 is 0 Å². The SMILES string of the molecule is CC1(C)c2ccccc2Nc2c(-c3cccc4c(-c5cc(-c6ccccc6)c6ccccc6c5)c5cccc(-c6cccc7c6N(c6ccccc6)c6ccccc6C7(C)C)c5cc34)cccc21. The Balaban J connectivity index is 1.15. The molecular formula is C66H50N2. The van der Waals surface area contributed by atoms with Crippen LogP contribution < -0.4 is 10.2 Å². The molecule has 68 heavy (non-hydrogen) atoms. The molecule has 0 bridgehead atoms. The number of hydrogen-bond acceptors (Lipinski definition) is 2. The monoisotopic (exact) mass is 870 g/mol. The van der Waals surface area contributed by atoms with Crippen molar-refractivity contribution in [2.75, 3.05) is 10.2 Å². The summed E-state index contributed by atoms with van der Waals surface area (Å²) in [6.07, 6.45) is 0. The molecule has 324 valence electrons. The molecule has 0 unspecified atom stereocenters. The standard InChI is InChI=1S/C66H50N2/c1-65(2)56-33-13-15-37-60(56)67-63-51(31-19-35-58(63)65)47-27-17-29-49-54(47)41-55-48(28-18-30-50(55)62(49)44-39-43-23-11-12-26-46(43)53(40-44)42-21-7-5-8-22-42)52-32-20-36-59-64(52)68(45-24-9-6-10-25-45)61-38-16-14-34-57(61)66(59,3)4/h5-41,67H,1-4H3. The molecule has 2 aliphatic rings. The zero-order valence-electron chi connectivity index (χ0n) is 38.8. The average molecular weight is 871 g/mol. The van der Waals surface area contributed by atoms with E-state index in [0.717, 1.165) is 11.4 Å². The molecule has 2 heteroatoms. The molecule has 0 radical (unpaired) electrons. The van der Waals surface area contributed by atoms with Crippen LogP contribution in [0.3, 0.4) is 0 Å². The van der Waals surface area contributed by atoms with Gasteiger partial charge in [-0.25, -0.2) is 0 Å². The summed E-state index contributed by atoms with van der Waals surface area (Å²) < 4.78 is 0. The molecule has 0 aromatic heterocycles. The quantitative estimate of drug-likeness (QED) is 0.173. The molecule has 1 N–H and O–H groups in total. The molecule has 11 aromatic rings. The van der Waals surface area contributed by atoms with Crippen LogP contribution in [-0.2, 0) is 10.8 Å². The lowest BCUT2D eigenvalue weighted by Crippen LogP contribution is -2.31. The molecule has 2 nitrogen and oxygen atoms in total. The second-order valence-corrected chi connectivity index (χ2v) is 19.7. The summed E-state index contributed by atoms with van der Waals surface area (Å²) in [7, 11) is 0. The molecule has 0 saturated heterocycles. The smallest absolute Gasteiger partial charge is 0.0581 e. The molecule has 11 aromatic carbocycles. The number of anilines is 5. The van der Waals surface area contributed by atoms with Crippen molar-refractivity contribution in [3.63, 3.8) is 0 Å². The summed E-state index contributed by atoms with van der Waals surface area (Å²) in [5.74, 6) is 0. The molecule has 0 atom stereocenters. The van der Waals surface area contributed by atoms with Crippen LogP contribution in [0.2, 0.25) is 0 Å². The van der Waals surface area contributed by atoms with Crippen molar-refractivity contribution in [1.29, 1.82) is 0 Å². The van der Waals surface area contributed by atoms with Crippen LogP contribution in [0.5, 0.6) is 0 Å². The molecule has 13 rings (SSSR count). The van der Waals surface area contributed by atoms with E-state index in [1.54, 1.807) is 0 Å². The zero-order chi connectivity index (χ0) is 45.7. The summed E-state index contributed by atoms with van der Waals surface area (Å²) >= 11 is 0. The van der Waals surface area contributed by atoms with Gasteiger partial charge in [-0.15, -0.1) is 0 Å². The first-order valence-corrected chi connectivity index (χ1v) is 23.9. The minimum absolute atomic E-state index is 0.189. The summed E-state index contributed by atoms with van der Waals surface area (Å²) in [5.41, 5.74) is 20.4. The number of benzene rings is 11. The molecule has 0 saturated carbocycles. The fourth-order valence-corrected chi connectivity index (χ4v) is 11.9. The maximum Gasteiger partial charge on any atom is 0.0581 e. The van der Waals surface area contributed by atoms with Gasteiger partial charge in [-0.3, -0.25) is 0 Å². The normalized spacial score (nSPS) is 14.2. The Hall–Kier alpha value is -8.20. The van der Waals surface area contributed by atoms with Gasteiger partial charge >= 0.3 is 0 Å². The van der Waals surface area contributed by atoms with E-state index in [4.69, 9.17) is 0 Å². The number of para-hydroxylation sites is 5. The van der Waals surface area contributed by atoms with Crippen LogP contribution in [0.15, 0.2) is 224 Å². The van der Waals surface area contributed by atoms with Gasteiger partial charge in [0.2, 0.25) is 0 Å². The van der Waals surface area contributed by atoms with E-state index in [9.17, 15) is 0 Å². The molecule has 0 amide bonds. The lowest BCUT2D eigenvalue weighted by molar-refractivity contribution is 0.632. The van der Waals surface area contributed by atoms with Crippen molar-refractivity contribution in [2.45, 2.75) is 38.5 Å². The van der Waals surface area contributed by atoms with E-state index >= 15 is 0 Å². The van der Waals surface area contributed by atoms with Crippen molar-refractivity contribution in [1.82, 2.24) is 0 Å². The predicted molar refractivity (Wildman–Crippen MR) is 289 cm³/mol. The second-order valence-electron chi connectivity index (χ2n) is 19.7. The van der Waals surface area contributed by atoms with E-state index in [2.05, 4.69) is 262 Å². The maximum absolute atomic E-state index is 3.96. The van der Waals surface area contributed by atoms with Crippen LogP contribution in [-0.4, -0.2) is 0 Å². The number of nitrogens with one attached hydrogen (secondary N) is 1. The molecule has 0 fully saturated rings. The van der Waals surface area contributed by atoms with Gasteiger partial charge in [-0.1, -0.05) is 210 Å². The van der Waals surface area contributed by atoms with Crippen molar-refractivity contribution >= 4 is 60.8 Å². The highest BCUT2D eigenvalue weighted by atomic mass is 15.2. The molecule has 0 aliphatic carbocycles. The lowest BCUT2D eigenvalue weighted by atomic mass is 9.72. The Morgan fingerprint density at radius 2 is 0.897 bits per heavy atom. The third-order valence-corrected chi connectivity index (χ3v) is 15.2. The number of fused-ring (bicyclic) bond motifs is 7.